The number of nitrogens with one attached hydrogen (secondary N) is 3. The molecular formula is C17H21N3O2. The normalized spacial score (nSPS) is 18.8. The lowest BCUT2D eigenvalue weighted by molar-refractivity contribution is -0.122. The van der Waals surface area contributed by atoms with Crippen LogP contribution in [-0.4, -0.2) is 29.4 Å². The van der Waals surface area contributed by atoms with E-state index in [0.29, 0.717) is 18.7 Å². The van der Waals surface area contributed by atoms with Crippen molar-refractivity contribution in [1.29, 1.82) is 0 Å². The van der Waals surface area contributed by atoms with Crippen LogP contribution < -0.4 is 10.6 Å². The van der Waals surface area contributed by atoms with Crippen LogP contribution in [0.25, 0.3) is 10.9 Å². The Hall–Kier alpha value is -2.30. The Morgan fingerprint density at radius 1 is 1.27 bits per heavy atom. The van der Waals surface area contributed by atoms with Crippen LogP contribution in [0.15, 0.2) is 18.2 Å². The average Bonchev–Trinajstić information content (AvgIpc) is 2.68. The molecular weight excluding hydrogens is 278 g/mol. The zero-order valence-electron chi connectivity index (χ0n) is 13.0. The summed E-state index contributed by atoms with van der Waals surface area (Å²) >= 11 is 0. The summed E-state index contributed by atoms with van der Waals surface area (Å²) in [6, 6.07) is 5.62. The molecule has 0 bridgehead atoms. The summed E-state index contributed by atoms with van der Waals surface area (Å²) in [4.78, 5) is 27.6. The molecule has 0 unspecified atom stereocenters. The predicted molar refractivity (Wildman–Crippen MR) is 85.9 cm³/mol. The minimum Gasteiger partial charge on any atom is -0.354 e. The molecule has 3 N–H and O–H groups in total. The predicted octanol–water partition coefficient (Wildman–Crippen LogP) is 2.18. The number of rotatable bonds is 2. The van der Waals surface area contributed by atoms with Crippen molar-refractivity contribution in [2.45, 2.75) is 39.2 Å². The van der Waals surface area contributed by atoms with Crippen LogP contribution >= 0.6 is 0 Å². The molecule has 2 heterocycles. The third kappa shape index (κ3) is 2.71. The molecule has 1 saturated heterocycles. The lowest BCUT2D eigenvalue weighted by Gasteiger charge is -2.14. The molecule has 1 atom stereocenters. The second-order valence-electron chi connectivity index (χ2n) is 5.99. The molecule has 5 heteroatoms. The van der Waals surface area contributed by atoms with Gasteiger partial charge >= 0.3 is 0 Å². The summed E-state index contributed by atoms with van der Waals surface area (Å²) in [5.74, 6) is -0.302. The molecule has 3 rings (SSSR count). The number of H-pyrrole nitrogens is 1. The van der Waals surface area contributed by atoms with E-state index >= 15 is 0 Å². The summed E-state index contributed by atoms with van der Waals surface area (Å²) in [6.07, 6.45) is 2.59. The van der Waals surface area contributed by atoms with Crippen LogP contribution in [0, 0.1) is 13.8 Å². The molecule has 1 aromatic carbocycles. The van der Waals surface area contributed by atoms with Crippen molar-refractivity contribution in [2.24, 2.45) is 0 Å². The number of benzene rings is 1. The summed E-state index contributed by atoms with van der Waals surface area (Å²) in [6.45, 7) is 4.65. The number of carbonyl (C=O) groups is 2. The van der Waals surface area contributed by atoms with Crippen molar-refractivity contribution in [1.82, 2.24) is 15.6 Å². The van der Waals surface area contributed by atoms with E-state index in [1.807, 2.05) is 26.0 Å². The fourth-order valence-electron chi connectivity index (χ4n) is 2.97. The van der Waals surface area contributed by atoms with Gasteiger partial charge in [-0.15, -0.1) is 0 Å². The number of aromatic nitrogens is 1. The van der Waals surface area contributed by atoms with E-state index in [4.69, 9.17) is 0 Å². The zero-order chi connectivity index (χ0) is 15.7. The molecule has 2 aromatic rings. The third-order valence-corrected chi connectivity index (χ3v) is 4.28. The second-order valence-corrected chi connectivity index (χ2v) is 5.99. The molecule has 1 aliphatic heterocycles. The smallest absolute Gasteiger partial charge is 0.268 e. The van der Waals surface area contributed by atoms with Gasteiger partial charge in [-0.25, -0.2) is 0 Å². The molecule has 0 spiro atoms. The summed E-state index contributed by atoms with van der Waals surface area (Å²) in [7, 11) is 0. The molecule has 0 aliphatic carbocycles. The highest BCUT2D eigenvalue weighted by molar-refractivity contribution is 6.02. The van der Waals surface area contributed by atoms with Crippen LogP contribution in [0.5, 0.6) is 0 Å². The first-order valence-electron chi connectivity index (χ1n) is 7.74. The van der Waals surface area contributed by atoms with Gasteiger partial charge in [0.2, 0.25) is 5.91 Å². The van der Waals surface area contributed by atoms with Crippen molar-refractivity contribution in [3.05, 3.63) is 35.0 Å². The lowest BCUT2D eigenvalue weighted by atomic mass is 10.1. The largest absolute Gasteiger partial charge is 0.354 e. The van der Waals surface area contributed by atoms with Gasteiger partial charge in [0.05, 0.1) is 0 Å². The molecule has 22 heavy (non-hydrogen) atoms. The van der Waals surface area contributed by atoms with Crippen LogP contribution in [0.1, 0.15) is 40.9 Å². The van der Waals surface area contributed by atoms with Gasteiger partial charge in [-0.05, 0) is 50.8 Å². The third-order valence-electron chi connectivity index (χ3n) is 4.28. The van der Waals surface area contributed by atoms with Gasteiger partial charge < -0.3 is 15.6 Å². The maximum Gasteiger partial charge on any atom is 0.268 e. The van der Waals surface area contributed by atoms with Gasteiger partial charge in [0.15, 0.2) is 0 Å². The minimum atomic E-state index is -0.442. The number of aromatic amines is 1. The number of fused-ring (bicyclic) bond motifs is 1. The monoisotopic (exact) mass is 299 g/mol. The number of carbonyl (C=O) groups excluding carboxylic acids is 2. The number of amides is 2. The van der Waals surface area contributed by atoms with Gasteiger partial charge in [-0.2, -0.15) is 0 Å². The maximum atomic E-state index is 12.5. The summed E-state index contributed by atoms with van der Waals surface area (Å²) in [5, 5.41) is 6.75. The Bertz CT molecular complexity index is 733. The van der Waals surface area contributed by atoms with E-state index in [2.05, 4.69) is 21.7 Å². The average molecular weight is 299 g/mol. The topological polar surface area (TPSA) is 74.0 Å². The van der Waals surface area contributed by atoms with E-state index < -0.39 is 6.04 Å². The zero-order valence-corrected chi connectivity index (χ0v) is 13.0. The van der Waals surface area contributed by atoms with Gasteiger partial charge in [0, 0.05) is 17.4 Å². The van der Waals surface area contributed by atoms with Crippen LogP contribution in [0.2, 0.25) is 0 Å². The standard InChI is InChI=1S/C17H21N3O2/c1-10-6-7-13-12(9-10)11(2)15(19-13)17(22)20-14-5-3-4-8-18-16(14)21/h6-7,9,14,19H,3-5,8H2,1-2H3,(H,18,21)(H,20,22)/t14-/m0/s1. The summed E-state index contributed by atoms with van der Waals surface area (Å²) < 4.78 is 0. The quantitative estimate of drug-likeness (QED) is 0.795. The van der Waals surface area contributed by atoms with E-state index in [-0.39, 0.29) is 11.8 Å². The molecule has 0 radical (unpaired) electrons. The molecule has 116 valence electrons. The van der Waals surface area contributed by atoms with Crippen molar-refractivity contribution < 1.29 is 9.59 Å². The first kappa shape index (κ1) is 14.6. The number of hydrogen-bond donors (Lipinski definition) is 3. The van der Waals surface area contributed by atoms with Gasteiger partial charge in [0.1, 0.15) is 11.7 Å². The van der Waals surface area contributed by atoms with Crippen LogP contribution in [-0.2, 0) is 4.79 Å². The fraction of sp³-hybridized carbons (Fsp3) is 0.412. The lowest BCUT2D eigenvalue weighted by Crippen LogP contribution is -2.45. The van der Waals surface area contributed by atoms with Crippen molar-refractivity contribution >= 4 is 22.7 Å². The highest BCUT2D eigenvalue weighted by atomic mass is 16.2. The Morgan fingerprint density at radius 2 is 2.09 bits per heavy atom. The molecule has 2 amide bonds. The SMILES string of the molecule is Cc1ccc2[nH]c(C(=O)N[C@H]3CCCCNC3=O)c(C)c2c1. The van der Waals surface area contributed by atoms with E-state index in [9.17, 15) is 9.59 Å². The minimum absolute atomic E-state index is 0.0875. The maximum absolute atomic E-state index is 12.5. The number of hydrogen-bond acceptors (Lipinski definition) is 2. The molecule has 1 aliphatic rings. The Kier molecular flexibility index (Phi) is 3.88. The fourth-order valence-corrected chi connectivity index (χ4v) is 2.97. The van der Waals surface area contributed by atoms with Gasteiger partial charge in [-0.3, -0.25) is 9.59 Å². The van der Waals surface area contributed by atoms with Crippen molar-refractivity contribution in [3.8, 4) is 0 Å². The molecule has 0 saturated carbocycles. The van der Waals surface area contributed by atoms with E-state index in [0.717, 1.165) is 34.9 Å². The van der Waals surface area contributed by atoms with Gasteiger partial charge in [-0.1, -0.05) is 11.6 Å². The highest BCUT2D eigenvalue weighted by Crippen LogP contribution is 2.23. The molecule has 1 aromatic heterocycles. The van der Waals surface area contributed by atoms with Gasteiger partial charge in [0.25, 0.3) is 5.91 Å². The Labute approximate surface area is 129 Å². The highest BCUT2D eigenvalue weighted by Gasteiger charge is 2.24. The number of aryl methyl sites for hydroxylation is 2. The van der Waals surface area contributed by atoms with Crippen LogP contribution in [0.3, 0.4) is 0 Å². The van der Waals surface area contributed by atoms with E-state index in [1.165, 1.54) is 0 Å². The molecule has 1 fully saturated rings. The van der Waals surface area contributed by atoms with E-state index in [1.54, 1.807) is 0 Å². The first-order valence-corrected chi connectivity index (χ1v) is 7.74. The van der Waals surface area contributed by atoms with Crippen molar-refractivity contribution in [2.75, 3.05) is 6.54 Å². The Morgan fingerprint density at radius 3 is 2.91 bits per heavy atom. The van der Waals surface area contributed by atoms with Crippen molar-refractivity contribution in [3.63, 3.8) is 0 Å². The Balaban J connectivity index is 1.85. The second kappa shape index (κ2) is 5.83. The molecule has 5 nitrogen and oxygen atoms in total. The van der Waals surface area contributed by atoms with Crippen LogP contribution in [0.4, 0.5) is 0 Å². The summed E-state index contributed by atoms with van der Waals surface area (Å²) in [5.41, 5.74) is 3.56. The first-order chi connectivity index (χ1) is 10.6.